The Morgan fingerprint density at radius 1 is 1.25 bits per heavy atom. The molecule has 2 N–H and O–H groups in total. The van der Waals surface area contributed by atoms with Crippen LogP contribution in [0.2, 0.25) is 0 Å². The Balaban J connectivity index is 2.27. The van der Waals surface area contributed by atoms with Crippen molar-refractivity contribution in [3.8, 4) is 0 Å². The summed E-state index contributed by atoms with van der Waals surface area (Å²) in [7, 11) is 0. The number of hydrogen-bond donors (Lipinski definition) is 2. The lowest BCUT2D eigenvalue weighted by molar-refractivity contribution is -0.183. The Kier molecular flexibility index (Phi) is 4.12. The van der Waals surface area contributed by atoms with Crippen LogP contribution < -0.4 is 10.8 Å². The molecular formula is C9H9F3N2O2. The van der Waals surface area contributed by atoms with Crippen molar-refractivity contribution >= 4 is 11.7 Å². The van der Waals surface area contributed by atoms with E-state index in [0.717, 1.165) is 0 Å². The highest BCUT2D eigenvalue weighted by molar-refractivity contribution is 5.88. The molecule has 7 heteroatoms. The quantitative estimate of drug-likeness (QED) is 0.788. The zero-order chi connectivity index (χ0) is 12.0. The van der Waals surface area contributed by atoms with Gasteiger partial charge in [0.15, 0.2) is 6.61 Å². The van der Waals surface area contributed by atoms with Crippen LogP contribution in [0.1, 0.15) is 0 Å². The van der Waals surface area contributed by atoms with Crippen molar-refractivity contribution in [2.45, 2.75) is 6.18 Å². The number of carbonyl (C=O) groups excluding carboxylic acids is 1. The molecule has 0 saturated carbocycles. The molecule has 0 aliphatic heterocycles. The Bertz CT molecular complexity index is 340. The average Bonchev–Trinajstić information content (AvgIpc) is 2.17. The van der Waals surface area contributed by atoms with Gasteiger partial charge in [0.2, 0.25) is 0 Å². The second kappa shape index (κ2) is 5.36. The lowest BCUT2D eigenvalue weighted by Crippen LogP contribution is -2.32. The maximum absolute atomic E-state index is 11.6. The highest BCUT2D eigenvalue weighted by Crippen LogP contribution is 2.13. The highest BCUT2D eigenvalue weighted by atomic mass is 19.4. The van der Waals surface area contributed by atoms with E-state index in [-0.39, 0.29) is 0 Å². The number of hydroxylamine groups is 1. The highest BCUT2D eigenvalue weighted by Gasteiger charge is 2.28. The first kappa shape index (κ1) is 12.3. The van der Waals surface area contributed by atoms with Gasteiger partial charge in [-0.2, -0.15) is 13.2 Å². The lowest BCUT2D eigenvalue weighted by Gasteiger charge is -2.09. The maximum atomic E-state index is 11.6. The minimum absolute atomic E-state index is 0.454. The Morgan fingerprint density at radius 2 is 1.88 bits per heavy atom. The SMILES string of the molecule is O=C(NOCC(F)(F)F)Nc1ccccc1. The van der Waals surface area contributed by atoms with Crippen LogP contribution >= 0.6 is 0 Å². The van der Waals surface area contributed by atoms with E-state index >= 15 is 0 Å². The molecule has 4 nitrogen and oxygen atoms in total. The summed E-state index contributed by atoms with van der Waals surface area (Å²) in [6.45, 7) is -1.53. The van der Waals surface area contributed by atoms with Crippen molar-refractivity contribution in [2.75, 3.05) is 11.9 Å². The van der Waals surface area contributed by atoms with Gasteiger partial charge in [-0.25, -0.2) is 10.3 Å². The van der Waals surface area contributed by atoms with E-state index in [1.807, 2.05) is 0 Å². The van der Waals surface area contributed by atoms with E-state index in [2.05, 4.69) is 10.2 Å². The van der Waals surface area contributed by atoms with Gasteiger partial charge in [-0.1, -0.05) is 18.2 Å². The van der Waals surface area contributed by atoms with E-state index in [9.17, 15) is 18.0 Å². The summed E-state index contributed by atoms with van der Waals surface area (Å²) >= 11 is 0. The second-order valence-corrected chi connectivity index (χ2v) is 2.83. The predicted molar refractivity (Wildman–Crippen MR) is 50.6 cm³/mol. The molecule has 1 aromatic carbocycles. The number of nitrogens with one attached hydrogen (secondary N) is 2. The van der Waals surface area contributed by atoms with Gasteiger partial charge in [-0.05, 0) is 12.1 Å². The number of benzene rings is 1. The smallest absolute Gasteiger partial charge is 0.306 e. The van der Waals surface area contributed by atoms with E-state index in [4.69, 9.17) is 0 Å². The number of carbonyl (C=O) groups is 1. The van der Waals surface area contributed by atoms with E-state index in [0.29, 0.717) is 5.69 Å². The van der Waals surface area contributed by atoms with Crippen LogP contribution in [0.3, 0.4) is 0 Å². The number of amides is 2. The molecule has 0 saturated heterocycles. The van der Waals surface area contributed by atoms with Crippen LogP contribution in [0.5, 0.6) is 0 Å². The van der Waals surface area contributed by atoms with Crippen LogP contribution in [0, 0.1) is 0 Å². The van der Waals surface area contributed by atoms with Crippen LogP contribution in [0.15, 0.2) is 30.3 Å². The first-order valence-corrected chi connectivity index (χ1v) is 4.28. The summed E-state index contributed by atoms with van der Waals surface area (Å²) in [6.07, 6.45) is -4.47. The average molecular weight is 234 g/mol. The topological polar surface area (TPSA) is 50.4 Å². The Morgan fingerprint density at radius 3 is 2.44 bits per heavy atom. The minimum Gasteiger partial charge on any atom is -0.306 e. The first-order chi connectivity index (χ1) is 7.47. The van der Waals surface area contributed by atoms with Crippen LogP contribution in [0.25, 0.3) is 0 Å². The Labute approximate surface area is 89.4 Å². The summed E-state index contributed by atoms with van der Waals surface area (Å²) in [4.78, 5) is 14.9. The third kappa shape index (κ3) is 5.20. The summed E-state index contributed by atoms with van der Waals surface area (Å²) < 4.78 is 34.9. The third-order valence-corrected chi connectivity index (χ3v) is 1.43. The third-order valence-electron chi connectivity index (χ3n) is 1.43. The lowest BCUT2D eigenvalue weighted by atomic mass is 10.3. The molecule has 0 aliphatic carbocycles. The fourth-order valence-corrected chi connectivity index (χ4v) is 0.862. The van der Waals surface area contributed by atoms with E-state index < -0.39 is 18.8 Å². The molecule has 0 aromatic heterocycles. The Hall–Kier alpha value is -1.76. The van der Waals surface area contributed by atoms with E-state index in [1.54, 1.807) is 35.8 Å². The molecule has 88 valence electrons. The fraction of sp³-hybridized carbons (Fsp3) is 0.222. The van der Waals surface area contributed by atoms with Crippen molar-refractivity contribution in [3.63, 3.8) is 0 Å². The molecule has 0 aliphatic rings. The van der Waals surface area contributed by atoms with Gasteiger partial charge in [-0.15, -0.1) is 0 Å². The van der Waals surface area contributed by atoms with Gasteiger partial charge in [0.25, 0.3) is 0 Å². The molecule has 0 spiro atoms. The monoisotopic (exact) mass is 234 g/mol. The molecule has 0 heterocycles. The summed E-state index contributed by atoms with van der Waals surface area (Å²) in [6, 6.07) is 7.39. The molecule has 0 unspecified atom stereocenters. The van der Waals surface area contributed by atoms with Gasteiger partial charge >= 0.3 is 12.2 Å². The van der Waals surface area contributed by atoms with Gasteiger partial charge in [-0.3, -0.25) is 4.84 Å². The van der Waals surface area contributed by atoms with E-state index in [1.165, 1.54) is 0 Å². The normalized spacial score (nSPS) is 10.9. The molecule has 16 heavy (non-hydrogen) atoms. The van der Waals surface area contributed by atoms with Gasteiger partial charge in [0.1, 0.15) is 0 Å². The van der Waals surface area contributed by atoms with Gasteiger partial charge in [0, 0.05) is 5.69 Å². The molecule has 0 radical (unpaired) electrons. The zero-order valence-corrected chi connectivity index (χ0v) is 8.04. The standard InChI is InChI=1S/C9H9F3N2O2/c10-9(11,12)6-16-14-8(15)13-7-4-2-1-3-5-7/h1-5H,6H2,(H2,13,14,15). The van der Waals surface area contributed by atoms with Gasteiger partial charge < -0.3 is 5.32 Å². The zero-order valence-electron chi connectivity index (χ0n) is 8.04. The number of halogens is 3. The minimum atomic E-state index is -4.47. The molecule has 0 fully saturated rings. The second-order valence-electron chi connectivity index (χ2n) is 2.83. The van der Waals surface area contributed by atoms with Crippen molar-refractivity contribution in [1.82, 2.24) is 5.48 Å². The molecule has 2 amide bonds. The number of urea groups is 1. The number of anilines is 1. The summed E-state index contributed by atoms with van der Waals surface area (Å²) in [5, 5.41) is 2.29. The van der Waals surface area contributed by atoms with Crippen molar-refractivity contribution in [3.05, 3.63) is 30.3 Å². The van der Waals surface area contributed by atoms with Crippen molar-refractivity contribution in [2.24, 2.45) is 0 Å². The van der Waals surface area contributed by atoms with Gasteiger partial charge in [0.05, 0.1) is 0 Å². The summed E-state index contributed by atoms with van der Waals surface area (Å²) in [5.41, 5.74) is 2.07. The number of rotatable bonds is 3. The number of para-hydroxylation sites is 1. The summed E-state index contributed by atoms with van der Waals surface area (Å²) in [5.74, 6) is 0. The number of alkyl halides is 3. The molecule has 1 rings (SSSR count). The maximum Gasteiger partial charge on any atom is 0.414 e. The molecule has 0 atom stereocenters. The van der Waals surface area contributed by atoms with Crippen molar-refractivity contribution < 1.29 is 22.8 Å². The predicted octanol–water partition coefficient (Wildman–Crippen LogP) is 2.30. The van der Waals surface area contributed by atoms with Crippen molar-refractivity contribution in [1.29, 1.82) is 0 Å². The fourth-order valence-electron chi connectivity index (χ4n) is 0.862. The molecular weight excluding hydrogens is 225 g/mol. The molecule has 1 aromatic rings. The number of hydrogen-bond acceptors (Lipinski definition) is 2. The van der Waals surface area contributed by atoms with Crippen LogP contribution in [-0.4, -0.2) is 18.8 Å². The molecule has 0 bridgehead atoms. The largest absolute Gasteiger partial charge is 0.414 e. The first-order valence-electron chi connectivity index (χ1n) is 4.28. The van der Waals surface area contributed by atoms with Crippen LogP contribution in [0.4, 0.5) is 23.7 Å². The van der Waals surface area contributed by atoms with Crippen LogP contribution in [-0.2, 0) is 4.84 Å².